The van der Waals surface area contributed by atoms with Crippen LogP contribution in [0.5, 0.6) is 5.75 Å². The molecule has 0 bridgehead atoms. The fourth-order valence-corrected chi connectivity index (χ4v) is 4.34. The Morgan fingerprint density at radius 2 is 1.79 bits per heavy atom. The molecule has 1 saturated carbocycles. The summed E-state index contributed by atoms with van der Waals surface area (Å²) in [4.78, 5) is 0. The smallest absolute Gasteiger partial charge is 0.119 e. The SMILES string of the molecule is COC(COc1ccccc1)CC1CC(N[C@@H]2C[C@H]2c2ccccc2)CCN1. The molecule has 3 unspecified atom stereocenters. The molecule has 0 radical (unpaired) electrons. The second-order valence-corrected chi connectivity index (χ2v) is 8.12. The van der Waals surface area contributed by atoms with Crippen LogP contribution in [0.2, 0.25) is 0 Å². The molecule has 1 saturated heterocycles. The molecule has 4 nitrogen and oxygen atoms in total. The summed E-state index contributed by atoms with van der Waals surface area (Å²) in [5, 5.41) is 7.58. The van der Waals surface area contributed by atoms with Gasteiger partial charge in [-0.1, -0.05) is 48.5 Å². The second kappa shape index (κ2) is 9.55. The fourth-order valence-electron chi connectivity index (χ4n) is 4.34. The maximum absolute atomic E-state index is 5.90. The molecule has 2 N–H and O–H groups in total. The van der Waals surface area contributed by atoms with E-state index in [0.29, 0.717) is 30.7 Å². The third-order valence-electron chi connectivity index (χ3n) is 6.02. The summed E-state index contributed by atoms with van der Waals surface area (Å²) >= 11 is 0. The molecule has 5 atom stereocenters. The first-order chi connectivity index (χ1) is 13.8. The van der Waals surface area contributed by atoms with E-state index in [1.165, 1.54) is 18.4 Å². The summed E-state index contributed by atoms with van der Waals surface area (Å²) in [5.74, 6) is 1.60. The molecule has 0 spiro atoms. The number of hydrogen-bond donors (Lipinski definition) is 2. The zero-order valence-corrected chi connectivity index (χ0v) is 16.7. The average molecular weight is 381 g/mol. The molecule has 0 amide bonds. The van der Waals surface area contributed by atoms with Crippen molar-refractivity contribution in [2.45, 2.75) is 55.8 Å². The third kappa shape index (κ3) is 5.34. The number of piperidine rings is 1. The molecular formula is C24H32N2O2. The summed E-state index contributed by atoms with van der Waals surface area (Å²) in [6.07, 6.45) is 4.71. The summed E-state index contributed by atoms with van der Waals surface area (Å²) in [6, 6.07) is 22.6. The van der Waals surface area contributed by atoms with Gasteiger partial charge in [0.25, 0.3) is 0 Å². The van der Waals surface area contributed by atoms with Crippen LogP contribution in [0.4, 0.5) is 0 Å². The predicted octanol–water partition coefficient (Wildman–Crippen LogP) is 3.74. The molecule has 2 aliphatic rings. The quantitative estimate of drug-likeness (QED) is 0.696. The monoisotopic (exact) mass is 380 g/mol. The van der Waals surface area contributed by atoms with E-state index in [0.717, 1.165) is 25.1 Å². The van der Waals surface area contributed by atoms with Crippen LogP contribution in [0.15, 0.2) is 60.7 Å². The molecule has 4 rings (SSSR count). The van der Waals surface area contributed by atoms with Gasteiger partial charge in [-0.2, -0.15) is 0 Å². The van der Waals surface area contributed by atoms with Gasteiger partial charge in [0, 0.05) is 31.2 Å². The van der Waals surface area contributed by atoms with Crippen molar-refractivity contribution in [2.75, 3.05) is 20.3 Å². The summed E-state index contributed by atoms with van der Waals surface area (Å²) in [7, 11) is 1.78. The standard InChI is InChI=1S/C24H32N2O2/c1-27-22(17-28-21-10-6-3-7-11-21)15-20-14-19(12-13-25-20)26-24-16-23(24)18-8-4-2-5-9-18/h2-11,19-20,22-26H,12-17H2,1H3/t19?,20?,22?,23-,24+/m0/s1. The molecule has 1 aliphatic heterocycles. The van der Waals surface area contributed by atoms with E-state index < -0.39 is 0 Å². The Morgan fingerprint density at radius 3 is 2.54 bits per heavy atom. The maximum atomic E-state index is 5.90. The van der Waals surface area contributed by atoms with Crippen LogP contribution < -0.4 is 15.4 Å². The van der Waals surface area contributed by atoms with E-state index in [4.69, 9.17) is 9.47 Å². The van der Waals surface area contributed by atoms with Crippen molar-refractivity contribution in [1.82, 2.24) is 10.6 Å². The van der Waals surface area contributed by atoms with Gasteiger partial charge in [-0.3, -0.25) is 0 Å². The summed E-state index contributed by atoms with van der Waals surface area (Å²) in [5.41, 5.74) is 1.47. The molecule has 28 heavy (non-hydrogen) atoms. The van der Waals surface area contributed by atoms with Crippen LogP contribution in [-0.2, 0) is 4.74 Å². The number of benzene rings is 2. The zero-order chi connectivity index (χ0) is 19.2. The van der Waals surface area contributed by atoms with E-state index >= 15 is 0 Å². The molecule has 1 heterocycles. The summed E-state index contributed by atoms with van der Waals surface area (Å²) < 4.78 is 11.6. The summed E-state index contributed by atoms with van der Waals surface area (Å²) in [6.45, 7) is 1.66. The Kier molecular flexibility index (Phi) is 6.63. The first-order valence-electron chi connectivity index (χ1n) is 10.6. The van der Waals surface area contributed by atoms with Crippen LogP contribution in [0.25, 0.3) is 0 Å². The van der Waals surface area contributed by atoms with Gasteiger partial charge >= 0.3 is 0 Å². The van der Waals surface area contributed by atoms with Crippen molar-refractivity contribution in [1.29, 1.82) is 0 Å². The highest BCUT2D eigenvalue weighted by atomic mass is 16.5. The Labute approximate surface area is 168 Å². The lowest BCUT2D eigenvalue weighted by Crippen LogP contribution is -2.48. The largest absolute Gasteiger partial charge is 0.491 e. The predicted molar refractivity (Wildman–Crippen MR) is 113 cm³/mol. The van der Waals surface area contributed by atoms with Crippen molar-refractivity contribution in [3.63, 3.8) is 0 Å². The number of methoxy groups -OCH3 is 1. The first-order valence-corrected chi connectivity index (χ1v) is 10.6. The van der Waals surface area contributed by atoms with Gasteiger partial charge in [0.2, 0.25) is 0 Å². The molecule has 4 heteroatoms. The van der Waals surface area contributed by atoms with Gasteiger partial charge in [0.15, 0.2) is 0 Å². The second-order valence-electron chi connectivity index (χ2n) is 8.12. The Hall–Kier alpha value is -1.88. The Balaban J connectivity index is 1.22. The maximum Gasteiger partial charge on any atom is 0.119 e. The average Bonchev–Trinajstić information content (AvgIpc) is 3.52. The highest BCUT2D eigenvalue weighted by Gasteiger charge is 2.40. The third-order valence-corrected chi connectivity index (χ3v) is 6.02. The van der Waals surface area contributed by atoms with Crippen LogP contribution in [0, 0.1) is 0 Å². The topological polar surface area (TPSA) is 42.5 Å². The number of ether oxygens (including phenoxy) is 2. The van der Waals surface area contributed by atoms with Crippen LogP contribution in [-0.4, -0.2) is 44.5 Å². The van der Waals surface area contributed by atoms with Crippen LogP contribution >= 0.6 is 0 Å². The molecular weight excluding hydrogens is 348 g/mol. The molecule has 0 aromatic heterocycles. The van der Waals surface area contributed by atoms with E-state index in [2.05, 4.69) is 41.0 Å². The van der Waals surface area contributed by atoms with Crippen molar-refractivity contribution < 1.29 is 9.47 Å². The van der Waals surface area contributed by atoms with Gasteiger partial charge in [-0.15, -0.1) is 0 Å². The number of hydrogen-bond acceptors (Lipinski definition) is 4. The molecule has 150 valence electrons. The number of nitrogens with one attached hydrogen (secondary N) is 2. The van der Waals surface area contributed by atoms with Gasteiger partial charge in [-0.25, -0.2) is 0 Å². The van der Waals surface area contributed by atoms with E-state index in [1.54, 1.807) is 7.11 Å². The van der Waals surface area contributed by atoms with E-state index in [9.17, 15) is 0 Å². The fraction of sp³-hybridized carbons (Fsp3) is 0.500. The van der Waals surface area contributed by atoms with Gasteiger partial charge in [0.05, 0.1) is 6.10 Å². The minimum Gasteiger partial charge on any atom is -0.491 e. The lowest BCUT2D eigenvalue weighted by atomic mass is 9.95. The van der Waals surface area contributed by atoms with Gasteiger partial charge in [-0.05, 0) is 49.9 Å². The molecule has 2 aromatic carbocycles. The highest BCUT2D eigenvalue weighted by molar-refractivity contribution is 5.27. The molecule has 1 aliphatic carbocycles. The van der Waals surface area contributed by atoms with Crippen LogP contribution in [0.1, 0.15) is 37.2 Å². The zero-order valence-electron chi connectivity index (χ0n) is 16.7. The van der Waals surface area contributed by atoms with Crippen molar-refractivity contribution in [3.05, 3.63) is 66.2 Å². The van der Waals surface area contributed by atoms with Crippen molar-refractivity contribution >= 4 is 0 Å². The molecule has 2 aromatic rings. The van der Waals surface area contributed by atoms with Crippen LogP contribution in [0.3, 0.4) is 0 Å². The van der Waals surface area contributed by atoms with Crippen molar-refractivity contribution in [3.8, 4) is 5.75 Å². The Bertz CT molecular complexity index is 709. The van der Waals surface area contributed by atoms with Crippen molar-refractivity contribution in [2.24, 2.45) is 0 Å². The lowest BCUT2D eigenvalue weighted by Gasteiger charge is -2.33. The first kappa shape index (κ1) is 19.4. The lowest BCUT2D eigenvalue weighted by molar-refractivity contribution is 0.0408. The van der Waals surface area contributed by atoms with E-state index in [-0.39, 0.29) is 6.10 Å². The van der Waals surface area contributed by atoms with Gasteiger partial charge in [0.1, 0.15) is 12.4 Å². The van der Waals surface area contributed by atoms with Gasteiger partial charge < -0.3 is 20.1 Å². The molecule has 2 fully saturated rings. The minimum atomic E-state index is 0.106. The number of para-hydroxylation sites is 1. The van der Waals surface area contributed by atoms with E-state index in [1.807, 2.05) is 30.3 Å². The minimum absolute atomic E-state index is 0.106. The normalized spacial score (nSPS) is 27.9. The highest BCUT2D eigenvalue weighted by Crippen LogP contribution is 2.41. The Morgan fingerprint density at radius 1 is 1.04 bits per heavy atom. The number of rotatable bonds is 9.